The molecule has 0 unspecified atom stereocenters. The molecule has 0 saturated carbocycles. The molecule has 1 saturated heterocycles. The van der Waals surface area contributed by atoms with E-state index in [2.05, 4.69) is 115 Å². The van der Waals surface area contributed by atoms with Crippen LogP contribution in [0.25, 0.3) is 0 Å². The van der Waals surface area contributed by atoms with E-state index in [1.807, 2.05) is 0 Å². The molecule has 2 N–H and O–H groups in total. The molecule has 0 aliphatic carbocycles. The number of para-hydroxylation sites is 2. The van der Waals surface area contributed by atoms with Gasteiger partial charge in [-0.1, -0.05) is 0 Å². The van der Waals surface area contributed by atoms with Gasteiger partial charge in [0.1, 0.15) is 0 Å². The van der Waals surface area contributed by atoms with Gasteiger partial charge in [-0.2, -0.15) is 0 Å². The Morgan fingerprint density at radius 2 is 0.833 bits per heavy atom. The first-order chi connectivity index (χ1) is 13.8. The standard InChI is InChI=1S/2C8H10N.2C4H9N.2Sb/c2*1-6-4-3-5-7(2)8(6)9;2*1-4(2,3)5;;/h2*3-5,9H,1-2H3;2*1-3H3;;/q2*-1;;;2*+1. The zero-order valence-electron chi connectivity index (χ0n) is 20.3. The van der Waals surface area contributed by atoms with Gasteiger partial charge < -0.3 is 0 Å². The summed E-state index contributed by atoms with van der Waals surface area (Å²) in [7, 11) is 0. The molecule has 3 rings (SSSR count). The number of aryl methyl sites for hydroxylation is 4. The van der Waals surface area contributed by atoms with Crippen molar-refractivity contribution in [2.45, 2.75) is 80.3 Å². The monoisotopic (exact) mass is 624 g/mol. The quantitative estimate of drug-likeness (QED) is 0.432. The van der Waals surface area contributed by atoms with Crippen LogP contribution in [0.2, 0.25) is 0 Å². The number of nitrogens with zero attached hydrogens (tertiary/aromatic N) is 2. The van der Waals surface area contributed by atoms with Gasteiger partial charge in [0.25, 0.3) is 0 Å². The zero-order valence-corrected chi connectivity index (χ0v) is 25.4. The number of benzene rings is 2. The molecule has 2 aromatic carbocycles. The maximum atomic E-state index is 4.11. The van der Waals surface area contributed by atoms with Crippen molar-refractivity contribution >= 4 is 53.5 Å². The summed E-state index contributed by atoms with van der Waals surface area (Å²) in [5.41, 5.74) is 8.38. The summed E-state index contributed by atoms with van der Waals surface area (Å²) in [4.78, 5) is 0. The van der Waals surface area contributed by atoms with Crippen molar-refractivity contribution in [3.63, 3.8) is 0 Å². The minimum atomic E-state index is -2.12. The van der Waals surface area contributed by atoms with Gasteiger partial charge in [-0.15, -0.1) is 0 Å². The average Bonchev–Trinajstić information content (AvgIpc) is 2.55. The molecule has 0 spiro atoms. The molecule has 0 atom stereocenters. The minimum absolute atomic E-state index is 0.153. The molecule has 1 aliphatic rings. The van der Waals surface area contributed by atoms with Crippen molar-refractivity contribution in [2.24, 2.45) is 0 Å². The van der Waals surface area contributed by atoms with E-state index >= 15 is 0 Å². The molecular formula is C24H38N4Sb2. The second-order valence-electron chi connectivity index (χ2n) is 10.3. The van der Waals surface area contributed by atoms with E-state index in [-0.39, 0.29) is 11.1 Å². The van der Waals surface area contributed by atoms with Crippen molar-refractivity contribution in [3.05, 3.63) is 58.7 Å². The van der Waals surface area contributed by atoms with Crippen LogP contribution >= 0.6 is 0 Å². The van der Waals surface area contributed by atoms with Crippen LogP contribution in [0.3, 0.4) is 0 Å². The summed E-state index contributed by atoms with van der Waals surface area (Å²) >= 11 is -4.23. The van der Waals surface area contributed by atoms with Crippen molar-refractivity contribution in [3.8, 4) is 0 Å². The molecule has 1 heterocycles. The molecule has 1 aliphatic heterocycles. The molecule has 164 valence electrons. The molecule has 0 amide bonds. The molecule has 6 heteroatoms. The average molecular weight is 626 g/mol. The van der Waals surface area contributed by atoms with Crippen LogP contribution in [0.5, 0.6) is 0 Å². The topological polar surface area (TPSA) is 30.5 Å². The Labute approximate surface area is 200 Å². The molecule has 30 heavy (non-hydrogen) atoms. The van der Waals surface area contributed by atoms with Crippen molar-refractivity contribution in [1.29, 1.82) is 0 Å². The van der Waals surface area contributed by atoms with Gasteiger partial charge in [0.15, 0.2) is 0 Å². The SMILES string of the molecule is Cc1cccc(C)c1[NH][Sb]1[N](C(C)(C)C)[Sb]([NH]c2c(C)cccc2C)[N]1C(C)(C)C. The van der Waals surface area contributed by atoms with Gasteiger partial charge >= 0.3 is 202 Å². The molecule has 1 fully saturated rings. The Balaban J connectivity index is 2.02. The molecular weight excluding hydrogens is 588 g/mol. The van der Waals surface area contributed by atoms with Crippen molar-refractivity contribution in [2.75, 3.05) is 6.95 Å². The number of hydrogen-bond donors (Lipinski definition) is 2. The van der Waals surface area contributed by atoms with E-state index in [4.69, 9.17) is 0 Å². The summed E-state index contributed by atoms with van der Waals surface area (Å²) in [6, 6.07) is 13.2. The van der Waals surface area contributed by atoms with Crippen LogP contribution < -0.4 is 6.95 Å². The molecule has 2 aromatic rings. The Hall–Kier alpha value is -0.404. The van der Waals surface area contributed by atoms with Gasteiger partial charge in [-0.25, -0.2) is 0 Å². The predicted octanol–water partition coefficient (Wildman–Crippen LogP) is 5.63. The van der Waals surface area contributed by atoms with Gasteiger partial charge in [0, 0.05) is 0 Å². The van der Waals surface area contributed by atoms with Gasteiger partial charge in [-0.3, -0.25) is 0 Å². The predicted molar refractivity (Wildman–Crippen MR) is 134 cm³/mol. The Morgan fingerprint density at radius 1 is 0.567 bits per heavy atom. The fourth-order valence-corrected chi connectivity index (χ4v) is 29.0. The first kappa shape index (κ1) is 24.2. The summed E-state index contributed by atoms with van der Waals surface area (Å²) in [5, 5.41) is 0. The fraction of sp³-hybridized carbons (Fsp3) is 0.500. The summed E-state index contributed by atoms with van der Waals surface area (Å²) in [6.07, 6.45) is 0. The second kappa shape index (κ2) is 8.85. The third kappa shape index (κ3) is 4.83. The van der Waals surface area contributed by atoms with Crippen molar-refractivity contribution in [1.82, 2.24) is 2.44 Å². The van der Waals surface area contributed by atoms with Gasteiger partial charge in [0.05, 0.1) is 0 Å². The van der Waals surface area contributed by atoms with Gasteiger partial charge in [0.2, 0.25) is 0 Å². The molecule has 4 nitrogen and oxygen atoms in total. The summed E-state index contributed by atoms with van der Waals surface area (Å²) < 4.78 is 14.1. The molecule has 0 radical (unpaired) electrons. The van der Waals surface area contributed by atoms with Gasteiger partial charge in [-0.05, 0) is 0 Å². The van der Waals surface area contributed by atoms with E-state index in [9.17, 15) is 0 Å². The van der Waals surface area contributed by atoms with Crippen LogP contribution in [-0.4, -0.2) is 55.6 Å². The number of nitrogens with one attached hydrogen (secondary N) is 2. The summed E-state index contributed by atoms with van der Waals surface area (Å²) in [6.45, 7) is 23.2. The number of anilines is 2. The first-order valence-corrected chi connectivity index (χ1v) is 17.8. The fourth-order valence-electron chi connectivity index (χ4n) is 3.80. The molecule has 0 aromatic heterocycles. The molecule has 0 bridgehead atoms. The Morgan fingerprint density at radius 3 is 1.07 bits per heavy atom. The zero-order chi connectivity index (χ0) is 22.4. The maximum absolute atomic E-state index is 4.11. The van der Waals surface area contributed by atoms with E-state index in [0.717, 1.165) is 0 Å². The van der Waals surface area contributed by atoms with E-state index in [0.29, 0.717) is 0 Å². The van der Waals surface area contributed by atoms with Crippen LogP contribution in [0.4, 0.5) is 11.4 Å². The van der Waals surface area contributed by atoms with Crippen LogP contribution in [0.1, 0.15) is 63.8 Å². The Kier molecular flexibility index (Phi) is 7.15. The Bertz CT molecular complexity index is 790. The van der Waals surface area contributed by atoms with Crippen LogP contribution in [0.15, 0.2) is 36.4 Å². The number of hydrogen-bond acceptors (Lipinski definition) is 4. The third-order valence-electron chi connectivity index (χ3n) is 5.30. The van der Waals surface area contributed by atoms with Crippen molar-refractivity contribution < 1.29 is 0 Å². The van der Waals surface area contributed by atoms with Crippen LogP contribution in [0, 0.1) is 27.7 Å². The second-order valence-corrected chi connectivity index (χ2v) is 25.0. The van der Waals surface area contributed by atoms with E-state index < -0.39 is 42.1 Å². The normalized spacial score (nSPS) is 17.1. The van der Waals surface area contributed by atoms with E-state index in [1.54, 1.807) is 0 Å². The van der Waals surface area contributed by atoms with E-state index in [1.165, 1.54) is 33.6 Å². The first-order valence-electron chi connectivity index (χ1n) is 10.7. The third-order valence-corrected chi connectivity index (χ3v) is 31.6. The number of rotatable bonds is 4. The van der Waals surface area contributed by atoms with Crippen LogP contribution in [-0.2, 0) is 0 Å². The summed E-state index contributed by atoms with van der Waals surface area (Å²) in [5.74, 6) is 0.